The Morgan fingerprint density at radius 3 is 2.53 bits per heavy atom. The first kappa shape index (κ1) is 14.2. The number of halogens is 1. The number of hydrogen-bond acceptors (Lipinski definition) is 3. The topological polar surface area (TPSA) is 50.9 Å². The molecule has 0 aliphatic carbocycles. The van der Waals surface area contributed by atoms with E-state index in [4.69, 9.17) is 0 Å². The average Bonchev–Trinajstić information content (AvgIpc) is 2.85. The summed E-state index contributed by atoms with van der Waals surface area (Å²) >= 11 is 3.42. The van der Waals surface area contributed by atoms with Crippen LogP contribution in [0.4, 0.5) is 0 Å². The predicted octanol–water partition coefficient (Wildman–Crippen LogP) is 2.94. The Labute approximate surface area is 121 Å². The summed E-state index contributed by atoms with van der Waals surface area (Å²) in [5.74, 6) is 0.965. The number of aliphatic hydroxyl groups excluding tert-OH is 1. The van der Waals surface area contributed by atoms with Crippen LogP contribution in [0.1, 0.15) is 37.2 Å². The summed E-state index contributed by atoms with van der Waals surface area (Å²) in [6, 6.07) is 8.32. The molecule has 1 N–H and O–H groups in total. The van der Waals surface area contributed by atoms with E-state index in [0.29, 0.717) is 6.42 Å². The van der Waals surface area contributed by atoms with Gasteiger partial charge in [0.25, 0.3) is 0 Å². The third-order valence-electron chi connectivity index (χ3n) is 3.13. The van der Waals surface area contributed by atoms with Crippen LogP contribution >= 0.6 is 15.9 Å². The smallest absolute Gasteiger partial charge is 0.138 e. The molecule has 5 heteroatoms. The summed E-state index contributed by atoms with van der Waals surface area (Å²) in [7, 11) is 0. The highest BCUT2D eigenvalue weighted by atomic mass is 79.9. The van der Waals surface area contributed by atoms with Gasteiger partial charge in [-0.2, -0.15) is 5.10 Å². The first-order chi connectivity index (χ1) is 9.11. The van der Waals surface area contributed by atoms with E-state index in [0.717, 1.165) is 15.9 Å². The summed E-state index contributed by atoms with van der Waals surface area (Å²) in [5.41, 5.74) is 1.11. The molecular weight excluding hydrogens is 306 g/mol. The Morgan fingerprint density at radius 2 is 1.95 bits per heavy atom. The minimum atomic E-state index is 0.0507. The summed E-state index contributed by atoms with van der Waals surface area (Å²) < 4.78 is 2.94. The van der Waals surface area contributed by atoms with Crippen LogP contribution < -0.4 is 0 Å². The molecule has 1 unspecified atom stereocenters. The molecule has 2 aromatic rings. The molecule has 1 aromatic carbocycles. The maximum atomic E-state index is 9.61. The zero-order valence-corrected chi connectivity index (χ0v) is 12.7. The molecule has 0 aliphatic heterocycles. The predicted molar refractivity (Wildman–Crippen MR) is 78.1 cm³/mol. The van der Waals surface area contributed by atoms with Gasteiger partial charge in [0, 0.05) is 22.9 Å². The SMILES string of the molecule is CC(C)n1ncnc1CC(CO)c1ccc(Br)cc1. The number of hydrogen-bond donors (Lipinski definition) is 1. The van der Waals surface area contributed by atoms with Gasteiger partial charge in [-0.1, -0.05) is 28.1 Å². The molecule has 2 rings (SSSR count). The fraction of sp³-hybridized carbons (Fsp3) is 0.429. The summed E-state index contributed by atoms with van der Waals surface area (Å²) in [5, 5.41) is 13.8. The van der Waals surface area contributed by atoms with E-state index >= 15 is 0 Å². The van der Waals surface area contributed by atoms with Crippen molar-refractivity contribution in [2.75, 3.05) is 6.61 Å². The van der Waals surface area contributed by atoms with Gasteiger partial charge >= 0.3 is 0 Å². The van der Waals surface area contributed by atoms with Crippen molar-refractivity contribution >= 4 is 15.9 Å². The first-order valence-corrected chi connectivity index (χ1v) is 7.15. The van der Waals surface area contributed by atoms with Gasteiger partial charge in [-0.15, -0.1) is 0 Å². The van der Waals surface area contributed by atoms with Crippen LogP contribution in [0, 0.1) is 0 Å². The van der Waals surface area contributed by atoms with Crippen molar-refractivity contribution in [1.29, 1.82) is 0 Å². The fourth-order valence-electron chi connectivity index (χ4n) is 2.09. The summed E-state index contributed by atoms with van der Waals surface area (Å²) in [6.07, 6.45) is 2.27. The van der Waals surface area contributed by atoms with Crippen molar-refractivity contribution in [3.63, 3.8) is 0 Å². The Kier molecular flexibility index (Phi) is 4.71. The molecule has 4 nitrogen and oxygen atoms in total. The number of nitrogens with zero attached hydrogens (tertiary/aromatic N) is 3. The molecule has 1 heterocycles. The van der Waals surface area contributed by atoms with Gasteiger partial charge in [0.1, 0.15) is 12.2 Å². The molecule has 102 valence electrons. The third-order valence-corrected chi connectivity index (χ3v) is 3.66. The van der Waals surface area contributed by atoms with Crippen LogP contribution in [0.25, 0.3) is 0 Å². The van der Waals surface area contributed by atoms with Gasteiger partial charge in [0.15, 0.2) is 0 Å². The lowest BCUT2D eigenvalue weighted by atomic mass is 9.96. The highest BCUT2D eigenvalue weighted by molar-refractivity contribution is 9.10. The second kappa shape index (κ2) is 6.30. The fourth-order valence-corrected chi connectivity index (χ4v) is 2.36. The van der Waals surface area contributed by atoms with E-state index in [2.05, 4.69) is 39.9 Å². The van der Waals surface area contributed by atoms with Crippen LogP contribution in [-0.2, 0) is 6.42 Å². The standard InChI is InChI=1S/C14H18BrN3O/c1-10(2)18-14(16-9-17-18)7-12(8-19)11-3-5-13(15)6-4-11/h3-6,9-10,12,19H,7-8H2,1-2H3. The molecule has 0 saturated carbocycles. The van der Waals surface area contributed by atoms with Crippen LogP contribution in [0.2, 0.25) is 0 Å². The highest BCUT2D eigenvalue weighted by Gasteiger charge is 2.16. The Hall–Kier alpha value is -1.20. The van der Waals surface area contributed by atoms with Crippen molar-refractivity contribution < 1.29 is 5.11 Å². The van der Waals surface area contributed by atoms with Crippen LogP contribution in [0.3, 0.4) is 0 Å². The Balaban J connectivity index is 2.19. The van der Waals surface area contributed by atoms with E-state index < -0.39 is 0 Å². The second-order valence-corrected chi connectivity index (χ2v) is 5.77. The van der Waals surface area contributed by atoms with Gasteiger partial charge < -0.3 is 5.11 Å². The molecule has 0 saturated heterocycles. The zero-order chi connectivity index (χ0) is 13.8. The van der Waals surface area contributed by atoms with Crippen molar-refractivity contribution in [2.45, 2.75) is 32.2 Å². The van der Waals surface area contributed by atoms with E-state index in [9.17, 15) is 5.11 Å². The average molecular weight is 324 g/mol. The summed E-state index contributed by atoms with van der Waals surface area (Å²) in [4.78, 5) is 4.30. The van der Waals surface area contributed by atoms with Crippen molar-refractivity contribution in [3.05, 3.63) is 46.5 Å². The Morgan fingerprint density at radius 1 is 1.26 bits per heavy atom. The minimum Gasteiger partial charge on any atom is -0.396 e. The molecule has 0 fully saturated rings. The van der Waals surface area contributed by atoms with Crippen molar-refractivity contribution in [2.24, 2.45) is 0 Å². The highest BCUT2D eigenvalue weighted by Crippen LogP contribution is 2.22. The lowest BCUT2D eigenvalue weighted by Crippen LogP contribution is -2.14. The van der Waals surface area contributed by atoms with Crippen LogP contribution in [-0.4, -0.2) is 26.5 Å². The maximum Gasteiger partial charge on any atom is 0.138 e. The molecular formula is C14H18BrN3O. The van der Waals surface area contributed by atoms with Gasteiger partial charge in [-0.25, -0.2) is 9.67 Å². The van der Waals surface area contributed by atoms with Crippen molar-refractivity contribution in [1.82, 2.24) is 14.8 Å². The molecule has 0 radical (unpaired) electrons. The molecule has 1 aromatic heterocycles. The molecule has 0 aliphatic rings. The number of aromatic nitrogens is 3. The van der Waals surface area contributed by atoms with E-state index in [1.807, 2.05) is 28.9 Å². The minimum absolute atomic E-state index is 0.0507. The van der Waals surface area contributed by atoms with Crippen LogP contribution in [0.15, 0.2) is 35.1 Å². The number of benzene rings is 1. The largest absolute Gasteiger partial charge is 0.396 e. The van der Waals surface area contributed by atoms with Gasteiger partial charge in [-0.3, -0.25) is 0 Å². The number of rotatable bonds is 5. The summed E-state index contributed by atoms with van der Waals surface area (Å²) in [6.45, 7) is 4.25. The van der Waals surface area contributed by atoms with E-state index in [-0.39, 0.29) is 18.6 Å². The number of aliphatic hydroxyl groups is 1. The molecule has 0 amide bonds. The monoisotopic (exact) mass is 323 g/mol. The van der Waals surface area contributed by atoms with E-state index in [1.54, 1.807) is 6.33 Å². The lowest BCUT2D eigenvalue weighted by molar-refractivity contribution is 0.261. The second-order valence-electron chi connectivity index (χ2n) is 4.85. The molecule has 19 heavy (non-hydrogen) atoms. The van der Waals surface area contributed by atoms with Crippen molar-refractivity contribution in [3.8, 4) is 0 Å². The van der Waals surface area contributed by atoms with Gasteiger partial charge in [0.2, 0.25) is 0 Å². The van der Waals surface area contributed by atoms with Gasteiger partial charge in [-0.05, 0) is 31.5 Å². The quantitative estimate of drug-likeness (QED) is 0.920. The Bertz CT molecular complexity index is 522. The van der Waals surface area contributed by atoms with E-state index in [1.165, 1.54) is 0 Å². The van der Waals surface area contributed by atoms with Gasteiger partial charge in [0.05, 0.1) is 6.61 Å². The van der Waals surface area contributed by atoms with Crippen LogP contribution in [0.5, 0.6) is 0 Å². The zero-order valence-electron chi connectivity index (χ0n) is 11.1. The lowest BCUT2D eigenvalue weighted by Gasteiger charge is -2.16. The molecule has 0 bridgehead atoms. The maximum absolute atomic E-state index is 9.61. The molecule has 0 spiro atoms. The molecule has 1 atom stereocenters. The first-order valence-electron chi connectivity index (χ1n) is 6.36. The third kappa shape index (κ3) is 3.42. The normalized spacial score (nSPS) is 12.9.